The predicted octanol–water partition coefficient (Wildman–Crippen LogP) is 2.12. The molecule has 0 atom stereocenters. The van der Waals surface area contributed by atoms with E-state index in [2.05, 4.69) is 5.32 Å². The molecule has 2 amide bonds. The lowest BCUT2D eigenvalue weighted by Gasteiger charge is -2.27. The highest BCUT2D eigenvalue weighted by Crippen LogP contribution is 2.18. The van der Waals surface area contributed by atoms with Crippen molar-refractivity contribution in [2.45, 2.75) is 12.8 Å². The summed E-state index contributed by atoms with van der Waals surface area (Å²) < 4.78 is 5.25. The molecule has 0 aromatic heterocycles. The summed E-state index contributed by atoms with van der Waals surface area (Å²) in [6, 6.07) is 7.07. The van der Waals surface area contributed by atoms with Crippen molar-refractivity contribution in [3.63, 3.8) is 0 Å². The topological polar surface area (TPSA) is 58.6 Å². The molecule has 1 N–H and O–H groups in total. The van der Waals surface area contributed by atoms with E-state index in [9.17, 15) is 9.59 Å². The molecule has 1 aromatic rings. The Morgan fingerprint density at radius 3 is 2.67 bits per heavy atom. The van der Waals surface area contributed by atoms with Gasteiger partial charge in [-0.05, 0) is 18.6 Å². The number of carbonyl (C=O) groups excluding carboxylic acids is 2. The van der Waals surface area contributed by atoms with Crippen LogP contribution in [0.5, 0.6) is 0 Å². The molecule has 0 unspecified atom stereocenters. The first kappa shape index (κ1) is 15.8. The number of anilines is 1. The molecule has 1 saturated heterocycles. The third kappa shape index (κ3) is 4.44. The number of para-hydroxylation sites is 1. The summed E-state index contributed by atoms with van der Waals surface area (Å²) >= 11 is 5.58. The monoisotopic (exact) mass is 310 g/mol. The largest absolute Gasteiger partial charge is 0.378 e. The average molecular weight is 311 g/mol. The van der Waals surface area contributed by atoms with Gasteiger partial charge in [-0.2, -0.15) is 0 Å². The molecule has 21 heavy (non-hydrogen) atoms. The van der Waals surface area contributed by atoms with Crippen LogP contribution in [0.15, 0.2) is 24.3 Å². The molecule has 1 heterocycles. The number of nitrogens with one attached hydrogen (secondary N) is 1. The van der Waals surface area contributed by atoms with Crippen LogP contribution in [-0.4, -0.2) is 48.9 Å². The van der Waals surface area contributed by atoms with Gasteiger partial charge in [-0.25, -0.2) is 0 Å². The zero-order valence-electron chi connectivity index (χ0n) is 11.8. The van der Waals surface area contributed by atoms with Crippen molar-refractivity contribution in [3.05, 3.63) is 29.8 Å². The summed E-state index contributed by atoms with van der Waals surface area (Å²) in [7, 11) is 0. The number of morpholine rings is 1. The standard InChI is InChI=1S/C15H19ClN2O3/c16-7-3-6-14(19)17-13-5-2-1-4-12(13)15(20)18-8-10-21-11-9-18/h1-2,4-5H,3,6-11H2,(H,17,19). The van der Waals surface area contributed by atoms with E-state index < -0.39 is 0 Å². The van der Waals surface area contributed by atoms with E-state index in [4.69, 9.17) is 16.3 Å². The maximum atomic E-state index is 12.5. The summed E-state index contributed by atoms with van der Waals surface area (Å²) in [5, 5.41) is 2.79. The Hall–Kier alpha value is -1.59. The first-order valence-corrected chi connectivity index (χ1v) is 7.57. The Labute approximate surface area is 129 Å². The predicted molar refractivity (Wildman–Crippen MR) is 81.7 cm³/mol. The summed E-state index contributed by atoms with van der Waals surface area (Å²) in [6.45, 7) is 2.26. The van der Waals surface area contributed by atoms with Crippen molar-refractivity contribution < 1.29 is 14.3 Å². The normalized spacial score (nSPS) is 14.8. The van der Waals surface area contributed by atoms with Crippen LogP contribution in [-0.2, 0) is 9.53 Å². The Balaban J connectivity index is 2.08. The first-order chi connectivity index (χ1) is 10.2. The highest BCUT2D eigenvalue weighted by atomic mass is 35.5. The lowest BCUT2D eigenvalue weighted by atomic mass is 10.1. The van der Waals surface area contributed by atoms with Crippen molar-refractivity contribution in [2.75, 3.05) is 37.5 Å². The van der Waals surface area contributed by atoms with Crippen LogP contribution in [0.1, 0.15) is 23.2 Å². The molecule has 1 aliphatic heterocycles. The van der Waals surface area contributed by atoms with E-state index in [-0.39, 0.29) is 11.8 Å². The minimum Gasteiger partial charge on any atom is -0.378 e. The van der Waals surface area contributed by atoms with E-state index in [0.717, 1.165) is 0 Å². The molecule has 114 valence electrons. The highest BCUT2D eigenvalue weighted by molar-refractivity contribution is 6.18. The van der Waals surface area contributed by atoms with Gasteiger partial charge in [0.05, 0.1) is 24.5 Å². The lowest BCUT2D eigenvalue weighted by molar-refractivity contribution is -0.116. The maximum Gasteiger partial charge on any atom is 0.256 e. The third-order valence-electron chi connectivity index (χ3n) is 3.27. The first-order valence-electron chi connectivity index (χ1n) is 7.04. The number of halogens is 1. The quantitative estimate of drug-likeness (QED) is 0.848. The molecule has 0 radical (unpaired) electrons. The molecule has 5 nitrogen and oxygen atoms in total. The molecule has 0 aliphatic carbocycles. The van der Waals surface area contributed by atoms with Gasteiger partial charge >= 0.3 is 0 Å². The van der Waals surface area contributed by atoms with Gasteiger partial charge < -0.3 is 15.0 Å². The Bertz CT molecular complexity index is 501. The van der Waals surface area contributed by atoms with Gasteiger partial charge in [0.2, 0.25) is 5.91 Å². The zero-order valence-corrected chi connectivity index (χ0v) is 12.6. The highest BCUT2D eigenvalue weighted by Gasteiger charge is 2.21. The summed E-state index contributed by atoms with van der Waals surface area (Å²) in [6.07, 6.45) is 0.969. The van der Waals surface area contributed by atoms with E-state index in [1.165, 1.54) is 0 Å². The van der Waals surface area contributed by atoms with Crippen molar-refractivity contribution in [2.24, 2.45) is 0 Å². The van der Waals surface area contributed by atoms with Crippen LogP contribution in [0.3, 0.4) is 0 Å². The van der Waals surface area contributed by atoms with Gasteiger partial charge in [0.1, 0.15) is 0 Å². The van der Waals surface area contributed by atoms with Crippen molar-refractivity contribution in [1.29, 1.82) is 0 Å². The van der Waals surface area contributed by atoms with E-state index in [1.54, 1.807) is 29.2 Å². The summed E-state index contributed by atoms with van der Waals surface area (Å²) in [4.78, 5) is 26.1. The van der Waals surface area contributed by atoms with Gasteiger partial charge in [0, 0.05) is 25.4 Å². The fraction of sp³-hybridized carbons (Fsp3) is 0.467. The van der Waals surface area contributed by atoms with Crippen molar-refractivity contribution >= 4 is 29.1 Å². The second kappa shape index (κ2) is 8.00. The Morgan fingerprint density at radius 1 is 1.24 bits per heavy atom. The van der Waals surface area contributed by atoms with E-state index >= 15 is 0 Å². The number of nitrogens with zero attached hydrogens (tertiary/aromatic N) is 1. The molecule has 6 heteroatoms. The second-order valence-corrected chi connectivity index (χ2v) is 5.17. The number of carbonyl (C=O) groups is 2. The minimum absolute atomic E-state index is 0.0773. The number of hydrogen-bond acceptors (Lipinski definition) is 3. The molecule has 2 rings (SSSR count). The zero-order chi connectivity index (χ0) is 15.1. The number of alkyl halides is 1. The van der Waals surface area contributed by atoms with Crippen LogP contribution in [0.25, 0.3) is 0 Å². The SMILES string of the molecule is O=C(CCCCl)Nc1ccccc1C(=O)N1CCOCC1. The number of hydrogen-bond donors (Lipinski definition) is 1. The third-order valence-corrected chi connectivity index (χ3v) is 3.53. The smallest absolute Gasteiger partial charge is 0.256 e. The number of ether oxygens (including phenoxy) is 1. The molecule has 0 bridgehead atoms. The van der Waals surface area contributed by atoms with Gasteiger partial charge in [0.25, 0.3) is 5.91 Å². The lowest BCUT2D eigenvalue weighted by Crippen LogP contribution is -2.41. The van der Waals surface area contributed by atoms with Crippen LogP contribution in [0.2, 0.25) is 0 Å². The number of rotatable bonds is 5. The van der Waals surface area contributed by atoms with Gasteiger partial charge in [-0.3, -0.25) is 9.59 Å². The van der Waals surface area contributed by atoms with Crippen LogP contribution >= 0.6 is 11.6 Å². The fourth-order valence-corrected chi connectivity index (χ4v) is 2.29. The molecule has 0 spiro atoms. The molecule has 1 aliphatic rings. The Kier molecular flexibility index (Phi) is 6.02. The van der Waals surface area contributed by atoms with Crippen LogP contribution in [0, 0.1) is 0 Å². The van der Waals surface area contributed by atoms with Gasteiger partial charge in [0.15, 0.2) is 0 Å². The fourth-order valence-electron chi connectivity index (χ4n) is 2.16. The molecular formula is C15H19ClN2O3. The average Bonchev–Trinajstić information content (AvgIpc) is 2.53. The van der Waals surface area contributed by atoms with Crippen LogP contribution < -0.4 is 5.32 Å². The minimum atomic E-state index is -0.127. The Morgan fingerprint density at radius 2 is 1.95 bits per heavy atom. The number of benzene rings is 1. The van der Waals surface area contributed by atoms with E-state index in [1.807, 2.05) is 0 Å². The molecule has 1 aromatic carbocycles. The molecule has 0 saturated carbocycles. The summed E-state index contributed by atoms with van der Waals surface area (Å²) in [5.74, 6) is 0.242. The molecule has 1 fully saturated rings. The van der Waals surface area contributed by atoms with Gasteiger partial charge in [-0.1, -0.05) is 12.1 Å². The molecular weight excluding hydrogens is 292 g/mol. The van der Waals surface area contributed by atoms with Crippen molar-refractivity contribution in [3.8, 4) is 0 Å². The van der Waals surface area contributed by atoms with Crippen molar-refractivity contribution in [1.82, 2.24) is 4.90 Å². The number of amides is 2. The second-order valence-electron chi connectivity index (χ2n) is 4.79. The maximum absolute atomic E-state index is 12.5. The van der Waals surface area contributed by atoms with Crippen LogP contribution in [0.4, 0.5) is 5.69 Å². The van der Waals surface area contributed by atoms with Gasteiger partial charge in [-0.15, -0.1) is 11.6 Å². The summed E-state index contributed by atoms with van der Waals surface area (Å²) in [5.41, 5.74) is 1.06. The van der Waals surface area contributed by atoms with E-state index in [0.29, 0.717) is 56.3 Å².